The van der Waals surface area contributed by atoms with Gasteiger partial charge < -0.3 is 9.80 Å². The van der Waals surface area contributed by atoms with E-state index in [0.29, 0.717) is 12.2 Å². The molecule has 2 fully saturated rings. The summed E-state index contributed by atoms with van der Waals surface area (Å²) in [7, 11) is 1.84. The van der Waals surface area contributed by atoms with Crippen molar-refractivity contribution in [3.05, 3.63) is 52.4 Å². The molecule has 2 amide bonds. The highest BCUT2D eigenvalue weighted by Gasteiger charge is 2.51. The van der Waals surface area contributed by atoms with Gasteiger partial charge in [0.15, 0.2) is 0 Å². The van der Waals surface area contributed by atoms with E-state index in [1.165, 1.54) is 10.7 Å². The number of carbonyl (C=O) groups is 2. The summed E-state index contributed by atoms with van der Waals surface area (Å²) >= 11 is 0. The maximum Gasteiger partial charge on any atom is 0.272 e. The number of hydrogen-bond acceptors (Lipinski definition) is 3. The van der Waals surface area contributed by atoms with E-state index in [1.807, 2.05) is 32.2 Å². The molecule has 2 saturated heterocycles. The predicted molar refractivity (Wildman–Crippen MR) is 105 cm³/mol. The number of para-hydroxylation sites is 1. The first kappa shape index (κ1) is 18.5. The lowest BCUT2D eigenvalue weighted by Crippen LogP contribution is -2.61. The molecular formula is C21H26N4O3. The average Bonchev–Trinajstić information content (AvgIpc) is 3.10. The zero-order valence-corrected chi connectivity index (χ0v) is 16.4. The van der Waals surface area contributed by atoms with Crippen LogP contribution in [0.5, 0.6) is 0 Å². The Hall–Kier alpha value is -2.83. The van der Waals surface area contributed by atoms with Crippen LogP contribution in [-0.2, 0) is 4.79 Å². The van der Waals surface area contributed by atoms with E-state index >= 15 is 0 Å². The van der Waals surface area contributed by atoms with Crippen LogP contribution >= 0.6 is 0 Å². The van der Waals surface area contributed by atoms with E-state index in [9.17, 15) is 14.4 Å². The predicted octanol–water partition coefficient (Wildman–Crippen LogP) is 2.03. The maximum atomic E-state index is 13.2. The molecule has 0 bridgehead atoms. The quantitative estimate of drug-likeness (QED) is 0.863. The van der Waals surface area contributed by atoms with Crippen molar-refractivity contribution >= 4 is 11.8 Å². The molecule has 148 valence electrons. The smallest absolute Gasteiger partial charge is 0.272 e. The van der Waals surface area contributed by atoms with Crippen LogP contribution in [0.25, 0.3) is 5.69 Å². The average molecular weight is 382 g/mol. The van der Waals surface area contributed by atoms with Crippen molar-refractivity contribution in [2.75, 3.05) is 20.1 Å². The summed E-state index contributed by atoms with van der Waals surface area (Å²) in [6, 6.07) is 10.3. The van der Waals surface area contributed by atoms with Gasteiger partial charge in [-0.1, -0.05) is 18.2 Å². The van der Waals surface area contributed by atoms with Crippen LogP contribution in [0.3, 0.4) is 0 Å². The van der Waals surface area contributed by atoms with E-state index in [2.05, 4.69) is 5.10 Å². The van der Waals surface area contributed by atoms with Crippen LogP contribution in [0.2, 0.25) is 0 Å². The monoisotopic (exact) mass is 382 g/mol. The highest BCUT2D eigenvalue weighted by molar-refractivity contribution is 5.94. The van der Waals surface area contributed by atoms with Crippen molar-refractivity contribution in [3.63, 3.8) is 0 Å². The molecule has 2 aliphatic rings. The molecule has 7 nitrogen and oxygen atoms in total. The molecule has 0 saturated carbocycles. The Bertz CT molecular complexity index is 944. The van der Waals surface area contributed by atoms with Gasteiger partial charge in [-0.15, -0.1) is 0 Å². The van der Waals surface area contributed by atoms with Gasteiger partial charge in [0.25, 0.3) is 11.5 Å². The summed E-state index contributed by atoms with van der Waals surface area (Å²) in [6.45, 7) is 3.34. The molecule has 1 aromatic heterocycles. The summed E-state index contributed by atoms with van der Waals surface area (Å²) in [5.41, 5.74) is 0.152. The van der Waals surface area contributed by atoms with E-state index in [1.54, 1.807) is 21.9 Å². The fourth-order valence-electron chi connectivity index (χ4n) is 4.81. The van der Waals surface area contributed by atoms with Gasteiger partial charge in [-0.25, -0.2) is 4.68 Å². The van der Waals surface area contributed by atoms with Gasteiger partial charge in [0.1, 0.15) is 5.69 Å². The zero-order chi connectivity index (χ0) is 19.9. The topological polar surface area (TPSA) is 78.4 Å². The third kappa shape index (κ3) is 2.85. The number of amides is 2. The molecule has 2 aliphatic heterocycles. The number of H-pyrrole nitrogens is 1. The number of aromatic amines is 1. The van der Waals surface area contributed by atoms with Crippen LogP contribution in [0, 0.1) is 5.41 Å². The number of aromatic nitrogens is 2. The minimum atomic E-state index is -0.511. The molecule has 2 aromatic rings. The number of carbonyl (C=O) groups excluding carboxylic acids is 2. The molecule has 1 N–H and O–H groups in total. The van der Waals surface area contributed by atoms with Crippen LogP contribution < -0.4 is 5.56 Å². The molecular weight excluding hydrogens is 356 g/mol. The van der Waals surface area contributed by atoms with E-state index in [0.717, 1.165) is 32.2 Å². The number of hydrogen-bond donors (Lipinski definition) is 1. The highest BCUT2D eigenvalue weighted by Crippen LogP contribution is 2.44. The number of rotatable bonds is 2. The number of piperidine rings is 2. The maximum absolute atomic E-state index is 13.2. The molecule has 0 radical (unpaired) electrons. The molecule has 28 heavy (non-hydrogen) atoms. The van der Waals surface area contributed by atoms with E-state index in [4.69, 9.17) is 0 Å². The van der Waals surface area contributed by atoms with Crippen LogP contribution in [-0.4, -0.2) is 57.6 Å². The summed E-state index contributed by atoms with van der Waals surface area (Å²) in [5, 5.41) is 2.94. The zero-order valence-electron chi connectivity index (χ0n) is 16.4. The lowest BCUT2D eigenvalue weighted by Gasteiger charge is -2.51. The Morgan fingerprint density at radius 2 is 1.79 bits per heavy atom. The number of benzene rings is 1. The molecule has 1 spiro atoms. The highest BCUT2D eigenvalue weighted by atomic mass is 16.2. The van der Waals surface area contributed by atoms with Gasteiger partial charge in [0.2, 0.25) is 5.91 Å². The van der Waals surface area contributed by atoms with Gasteiger partial charge >= 0.3 is 0 Å². The molecule has 3 heterocycles. The summed E-state index contributed by atoms with van der Waals surface area (Å²) in [6.07, 6.45) is 3.36. The third-order valence-electron chi connectivity index (χ3n) is 6.40. The normalized spacial score (nSPS) is 25.4. The first-order valence-electron chi connectivity index (χ1n) is 9.88. The molecule has 2 atom stereocenters. The Kier molecular flexibility index (Phi) is 4.61. The third-order valence-corrected chi connectivity index (χ3v) is 6.40. The van der Waals surface area contributed by atoms with E-state index < -0.39 is 5.41 Å². The van der Waals surface area contributed by atoms with Gasteiger partial charge in [0, 0.05) is 32.2 Å². The van der Waals surface area contributed by atoms with E-state index in [-0.39, 0.29) is 29.1 Å². The lowest BCUT2D eigenvalue weighted by molar-refractivity contribution is -0.152. The first-order chi connectivity index (χ1) is 13.4. The van der Waals surface area contributed by atoms with Crippen molar-refractivity contribution < 1.29 is 9.59 Å². The molecule has 7 heteroatoms. The van der Waals surface area contributed by atoms with Crippen molar-refractivity contribution in [1.82, 2.24) is 19.6 Å². The Balaban J connectivity index is 1.63. The van der Waals surface area contributed by atoms with Gasteiger partial charge in [-0.3, -0.25) is 19.5 Å². The minimum absolute atomic E-state index is 0.138. The molecule has 0 aliphatic carbocycles. The first-order valence-corrected chi connectivity index (χ1v) is 9.88. The second kappa shape index (κ2) is 6.96. The van der Waals surface area contributed by atoms with Crippen LogP contribution in [0.1, 0.15) is 43.1 Å². The summed E-state index contributed by atoms with van der Waals surface area (Å²) < 4.78 is 1.37. The second-order valence-corrected chi connectivity index (χ2v) is 7.94. The molecule has 1 aromatic carbocycles. The van der Waals surface area contributed by atoms with Crippen molar-refractivity contribution in [1.29, 1.82) is 0 Å². The van der Waals surface area contributed by atoms with Gasteiger partial charge in [-0.05, 0) is 44.7 Å². The van der Waals surface area contributed by atoms with Gasteiger partial charge in [0.05, 0.1) is 11.1 Å². The molecule has 4 rings (SSSR count). The van der Waals surface area contributed by atoms with Gasteiger partial charge in [-0.2, -0.15) is 0 Å². The standard InChI is InChI=1S/C21H26N4O3/c1-15-21(10-6-12-23(2)20(21)28)11-7-13-24(15)19(27)17-14-18(26)25(22-17)16-8-4-3-5-9-16/h3-5,8-9,14-15,22H,6-7,10-13H2,1-2H3/t15-,21-/m0/s1. The number of nitrogens with zero attached hydrogens (tertiary/aromatic N) is 3. The number of likely N-dealkylation sites (tertiary alicyclic amines) is 2. The fourth-order valence-corrected chi connectivity index (χ4v) is 4.81. The van der Waals surface area contributed by atoms with Crippen LogP contribution in [0.15, 0.2) is 41.2 Å². The Labute approximate surface area is 163 Å². The summed E-state index contributed by atoms with van der Waals surface area (Å²) in [4.78, 5) is 42.2. The Morgan fingerprint density at radius 3 is 2.50 bits per heavy atom. The van der Waals surface area contributed by atoms with Crippen LogP contribution in [0.4, 0.5) is 0 Å². The van der Waals surface area contributed by atoms with Crippen molar-refractivity contribution in [2.24, 2.45) is 5.41 Å². The Morgan fingerprint density at radius 1 is 1.11 bits per heavy atom. The van der Waals surface area contributed by atoms with Crippen molar-refractivity contribution in [2.45, 2.75) is 38.6 Å². The largest absolute Gasteiger partial charge is 0.345 e. The molecule has 0 unspecified atom stereocenters. The lowest BCUT2D eigenvalue weighted by atomic mass is 9.68. The summed E-state index contributed by atoms with van der Waals surface area (Å²) in [5.74, 6) is -0.0847. The minimum Gasteiger partial charge on any atom is -0.345 e. The number of nitrogens with one attached hydrogen (secondary N) is 1. The SMILES string of the molecule is C[C@@H]1N(C(=O)c2cc(=O)n(-c3ccccc3)[nH]2)CCC[C@@]12CCCN(C)C2=O. The second-order valence-electron chi connectivity index (χ2n) is 7.94. The van der Waals surface area contributed by atoms with Crippen molar-refractivity contribution in [3.8, 4) is 5.69 Å². The fraction of sp³-hybridized carbons (Fsp3) is 0.476.